The number of rotatable bonds is 4. The van der Waals surface area contributed by atoms with Crippen LogP contribution in [0.5, 0.6) is 0 Å². The van der Waals surface area contributed by atoms with Crippen LogP contribution in [-0.4, -0.2) is 34.5 Å². The summed E-state index contributed by atoms with van der Waals surface area (Å²) in [4.78, 5) is 13.7. The van der Waals surface area contributed by atoms with Crippen molar-refractivity contribution < 1.29 is 4.79 Å². The molecular weight excluding hydrogens is 198 g/mol. The summed E-state index contributed by atoms with van der Waals surface area (Å²) in [6.07, 6.45) is 2.18. The molecule has 0 atom stereocenters. The quantitative estimate of drug-likeness (QED) is 0.684. The summed E-state index contributed by atoms with van der Waals surface area (Å²) >= 11 is 4.80. The Balaban J connectivity index is 2.46. The predicted molar refractivity (Wildman–Crippen MR) is 60.2 cm³/mol. The molecule has 0 aromatic carbocycles. The van der Waals surface area contributed by atoms with E-state index in [0.717, 1.165) is 12.8 Å². The van der Waals surface area contributed by atoms with Gasteiger partial charge < -0.3 is 16.0 Å². The van der Waals surface area contributed by atoms with E-state index in [1.807, 2.05) is 13.8 Å². The van der Waals surface area contributed by atoms with Gasteiger partial charge in [0.05, 0.1) is 11.5 Å². The zero-order chi connectivity index (χ0) is 10.7. The van der Waals surface area contributed by atoms with Gasteiger partial charge in [-0.3, -0.25) is 0 Å². The summed E-state index contributed by atoms with van der Waals surface area (Å²) in [6.45, 7) is 4.25. The van der Waals surface area contributed by atoms with E-state index in [-0.39, 0.29) is 12.1 Å². The molecule has 1 rings (SSSR count). The van der Waals surface area contributed by atoms with Crippen LogP contribution < -0.4 is 11.1 Å². The Morgan fingerprint density at radius 1 is 1.64 bits per heavy atom. The highest BCUT2D eigenvalue weighted by Crippen LogP contribution is 2.19. The Morgan fingerprint density at radius 3 is 2.57 bits per heavy atom. The number of carbonyl (C=O) groups is 1. The van der Waals surface area contributed by atoms with Crippen LogP contribution >= 0.6 is 12.2 Å². The third-order valence-corrected chi connectivity index (χ3v) is 2.24. The third kappa shape index (κ3) is 3.49. The molecule has 5 heteroatoms. The summed E-state index contributed by atoms with van der Waals surface area (Å²) in [5.41, 5.74) is 5.43. The van der Waals surface area contributed by atoms with Gasteiger partial charge in [-0.1, -0.05) is 12.2 Å². The van der Waals surface area contributed by atoms with E-state index >= 15 is 0 Å². The van der Waals surface area contributed by atoms with E-state index in [1.54, 1.807) is 4.90 Å². The van der Waals surface area contributed by atoms with E-state index in [2.05, 4.69) is 5.32 Å². The van der Waals surface area contributed by atoms with Gasteiger partial charge >= 0.3 is 6.03 Å². The van der Waals surface area contributed by atoms with Gasteiger partial charge in [0.25, 0.3) is 0 Å². The first-order chi connectivity index (χ1) is 6.50. The van der Waals surface area contributed by atoms with E-state index in [0.29, 0.717) is 17.6 Å². The van der Waals surface area contributed by atoms with Crippen molar-refractivity contribution in [2.45, 2.75) is 38.8 Å². The fraction of sp³-hybridized carbons (Fsp3) is 0.778. The molecule has 1 aliphatic rings. The number of thiocarbonyl (C=S) groups is 1. The van der Waals surface area contributed by atoms with Gasteiger partial charge in [-0.05, 0) is 26.7 Å². The Morgan fingerprint density at radius 2 is 2.21 bits per heavy atom. The first-order valence-electron chi connectivity index (χ1n) is 4.86. The number of amides is 2. The lowest BCUT2D eigenvalue weighted by atomic mass is 10.3. The molecule has 0 radical (unpaired) electrons. The standard InChI is InChI=1S/C9H17N3OS/c1-6(2)12(5-8(10)14)9(13)11-7-3-4-7/h6-7H,3-5H2,1-2H3,(H2,10,14)(H,11,13). The minimum absolute atomic E-state index is 0.0599. The molecule has 4 nitrogen and oxygen atoms in total. The summed E-state index contributed by atoms with van der Waals surface area (Å²) in [5.74, 6) is 0. The van der Waals surface area contributed by atoms with Crippen molar-refractivity contribution in [3.63, 3.8) is 0 Å². The normalized spacial score (nSPS) is 15.4. The Labute approximate surface area is 89.8 Å². The lowest BCUT2D eigenvalue weighted by molar-refractivity contribution is 0.192. The largest absolute Gasteiger partial charge is 0.392 e. The first-order valence-corrected chi connectivity index (χ1v) is 5.27. The minimum atomic E-state index is -0.0599. The van der Waals surface area contributed by atoms with Crippen LogP contribution in [0.1, 0.15) is 26.7 Å². The molecule has 1 saturated carbocycles. The second-order valence-corrected chi connectivity index (χ2v) is 4.44. The van der Waals surface area contributed by atoms with Crippen LogP contribution in [0.25, 0.3) is 0 Å². The van der Waals surface area contributed by atoms with Crippen LogP contribution in [0, 0.1) is 0 Å². The molecule has 0 heterocycles. The maximum Gasteiger partial charge on any atom is 0.318 e. The molecule has 0 aromatic rings. The number of carbonyl (C=O) groups excluding carboxylic acids is 1. The number of hydrogen-bond donors (Lipinski definition) is 2. The summed E-state index contributed by atoms with van der Waals surface area (Å²) in [6, 6.07) is 0.431. The molecule has 1 aliphatic carbocycles. The molecule has 0 spiro atoms. The zero-order valence-electron chi connectivity index (χ0n) is 8.62. The molecule has 3 N–H and O–H groups in total. The fourth-order valence-corrected chi connectivity index (χ4v) is 1.28. The van der Waals surface area contributed by atoms with Gasteiger partial charge in [-0.2, -0.15) is 0 Å². The van der Waals surface area contributed by atoms with Crippen molar-refractivity contribution in [2.24, 2.45) is 5.73 Å². The SMILES string of the molecule is CC(C)N(CC(N)=S)C(=O)NC1CC1. The van der Waals surface area contributed by atoms with Gasteiger partial charge in [0.1, 0.15) is 0 Å². The summed E-state index contributed by atoms with van der Waals surface area (Å²) in [7, 11) is 0. The van der Waals surface area contributed by atoms with Crippen LogP contribution in [0.15, 0.2) is 0 Å². The van der Waals surface area contributed by atoms with Gasteiger partial charge in [0.15, 0.2) is 0 Å². The lowest BCUT2D eigenvalue weighted by Crippen LogP contribution is -2.48. The zero-order valence-corrected chi connectivity index (χ0v) is 9.43. The number of hydrogen-bond acceptors (Lipinski definition) is 2. The number of nitrogens with two attached hydrogens (primary N) is 1. The van der Waals surface area contributed by atoms with Crippen molar-refractivity contribution in [1.29, 1.82) is 0 Å². The first kappa shape index (κ1) is 11.2. The van der Waals surface area contributed by atoms with Crippen LogP contribution in [0.4, 0.5) is 4.79 Å². The second kappa shape index (κ2) is 4.59. The van der Waals surface area contributed by atoms with Crippen LogP contribution in [-0.2, 0) is 0 Å². The van der Waals surface area contributed by atoms with Crippen LogP contribution in [0.2, 0.25) is 0 Å². The topological polar surface area (TPSA) is 58.4 Å². The van der Waals surface area contributed by atoms with Gasteiger partial charge in [-0.25, -0.2) is 4.79 Å². The smallest absolute Gasteiger partial charge is 0.318 e. The maximum atomic E-state index is 11.7. The second-order valence-electron chi connectivity index (χ2n) is 3.91. The predicted octanol–water partition coefficient (Wildman–Crippen LogP) is 0.855. The molecule has 0 unspecified atom stereocenters. The molecule has 1 fully saturated rings. The third-order valence-electron chi connectivity index (χ3n) is 2.12. The molecule has 0 aliphatic heterocycles. The highest BCUT2D eigenvalue weighted by molar-refractivity contribution is 7.80. The number of urea groups is 1. The molecule has 2 amide bonds. The fourth-order valence-electron chi connectivity index (χ4n) is 1.14. The van der Waals surface area contributed by atoms with Gasteiger partial charge in [0, 0.05) is 12.1 Å². The lowest BCUT2D eigenvalue weighted by Gasteiger charge is -2.26. The maximum absolute atomic E-state index is 11.7. The van der Waals surface area contributed by atoms with Gasteiger partial charge in [-0.15, -0.1) is 0 Å². The molecule has 0 aromatic heterocycles. The Bertz CT molecular complexity index is 238. The molecular formula is C9H17N3OS. The monoisotopic (exact) mass is 215 g/mol. The Kier molecular flexibility index (Phi) is 3.69. The van der Waals surface area contributed by atoms with Crippen molar-refractivity contribution in [3.8, 4) is 0 Å². The van der Waals surface area contributed by atoms with Gasteiger partial charge in [0.2, 0.25) is 0 Å². The van der Waals surface area contributed by atoms with Crippen molar-refractivity contribution in [2.75, 3.05) is 6.54 Å². The highest BCUT2D eigenvalue weighted by atomic mass is 32.1. The van der Waals surface area contributed by atoms with E-state index < -0.39 is 0 Å². The molecule has 80 valence electrons. The highest BCUT2D eigenvalue weighted by Gasteiger charge is 2.26. The summed E-state index contributed by atoms with van der Waals surface area (Å²) in [5, 5.41) is 2.91. The average molecular weight is 215 g/mol. The minimum Gasteiger partial charge on any atom is -0.392 e. The molecule has 0 bridgehead atoms. The molecule has 14 heavy (non-hydrogen) atoms. The van der Waals surface area contributed by atoms with E-state index in [9.17, 15) is 4.79 Å². The number of nitrogens with zero attached hydrogens (tertiary/aromatic N) is 1. The van der Waals surface area contributed by atoms with E-state index in [1.165, 1.54) is 0 Å². The Hall–Kier alpha value is -0.840. The van der Waals surface area contributed by atoms with E-state index in [4.69, 9.17) is 18.0 Å². The average Bonchev–Trinajstić information content (AvgIpc) is 2.82. The van der Waals surface area contributed by atoms with Crippen molar-refractivity contribution in [1.82, 2.24) is 10.2 Å². The van der Waals surface area contributed by atoms with Crippen LogP contribution in [0.3, 0.4) is 0 Å². The summed E-state index contributed by atoms with van der Waals surface area (Å²) < 4.78 is 0. The number of nitrogens with one attached hydrogen (secondary N) is 1. The molecule has 0 saturated heterocycles. The van der Waals surface area contributed by atoms with Crippen molar-refractivity contribution >= 4 is 23.2 Å². The van der Waals surface area contributed by atoms with Crippen molar-refractivity contribution in [3.05, 3.63) is 0 Å².